The lowest BCUT2D eigenvalue weighted by Gasteiger charge is -2.10. The first-order valence-corrected chi connectivity index (χ1v) is 7.44. The topological polar surface area (TPSA) is 38.3 Å². The van der Waals surface area contributed by atoms with Gasteiger partial charge in [-0.25, -0.2) is 0 Å². The van der Waals surface area contributed by atoms with Crippen LogP contribution < -0.4 is 10.1 Å². The van der Waals surface area contributed by atoms with Gasteiger partial charge >= 0.3 is 0 Å². The molecule has 0 aliphatic rings. The van der Waals surface area contributed by atoms with Crippen LogP contribution in [-0.4, -0.2) is 13.0 Å². The minimum absolute atomic E-state index is 0.202. The van der Waals surface area contributed by atoms with Crippen molar-refractivity contribution in [2.75, 3.05) is 12.4 Å². The first kappa shape index (κ1) is 14.9. The number of anilines is 1. The van der Waals surface area contributed by atoms with Crippen molar-refractivity contribution in [2.45, 2.75) is 5.33 Å². The van der Waals surface area contributed by atoms with E-state index in [0.29, 0.717) is 22.0 Å². The molecular formula is C15H13BrClNO2. The maximum Gasteiger partial charge on any atom is 0.255 e. The van der Waals surface area contributed by atoms with Gasteiger partial charge in [0.2, 0.25) is 0 Å². The van der Waals surface area contributed by atoms with Crippen LogP contribution in [0.2, 0.25) is 5.02 Å². The lowest BCUT2D eigenvalue weighted by Crippen LogP contribution is -2.12. The summed E-state index contributed by atoms with van der Waals surface area (Å²) in [5.41, 5.74) is 2.24. The Hall–Kier alpha value is -1.52. The Morgan fingerprint density at radius 1 is 1.25 bits per heavy atom. The molecule has 2 aromatic carbocycles. The van der Waals surface area contributed by atoms with Crippen molar-refractivity contribution < 1.29 is 9.53 Å². The molecule has 2 rings (SSSR count). The number of hydrogen-bond acceptors (Lipinski definition) is 2. The number of carbonyl (C=O) groups excluding carboxylic acids is 1. The van der Waals surface area contributed by atoms with Gasteiger partial charge in [0.1, 0.15) is 5.75 Å². The summed E-state index contributed by atoms with van der Waals surface area (Å²) < 4.78 is 5.19. The van der Waals surface area contributed by atoms with Crippen molar-refractivity contribution in [1.29, 1.82) is 0 Å². The Labute approximate surface area is 131 Å². The van der Waals surface area contributed by atoms with Gasteiger partial charge in [-0.3, -0.25) is 4.79 Å². The Balaban J connectivity index is 2.20. The van der Waals surface area contributed by atoms with Crippen molar-refractivity contribution in [1.82, 2.24) is 0 Å². The normalized spacial score (nSPS) is 10.2. The molecule has 3 nitrogen and oxygen atoms in total. The average molecular weight is 355 g/mol. The highest BCUT2D eigenvalue weighted by molar-refractivity contribution is 9.08. The highest BCUT2D eigenvalue weighted by Crippen LogP contribution is 2.28. The summed E-state index contributed by atoms with van der Waals surface area (Å²) in [5.74, 6) is 0.367. The first-order chi connectivity index (χ1) is 9.63. The third-order valence-electron chi connectivity index (χ3n) is 2.78. The average Bonchev–Trinajstić information content (AvgIpc) is 2.47. The number of rotatable bonds is 4. The van der Waals surface area contributed by atoms with Gasteiger partial charge < -0.3 is 10.1 Å². The zero-order valence-corrected chi connectivity index (χ0v) is 13.2. The fraction of sp³-hybridized carbons (Fsp3) is 0.133. The van der Waals surface area contributed by atoms with Crippen LogP contribution in [0.4, 0.5) is 5.69 Å². The van der Waals surface area contributed by atoms with Crippen LogP contribution in [0.5, 0.6) is 5.75 Å². The van der Waals surface area contributed by atoms with E-state index >= 15 is 0 Å². The second-order valence-corrected chi connectivity index (χ2v) is 5.13. The van der Waals surface area contributed by atoms with Crippen molar-refractivity contribution in [3.63, 3.8) is 0 Å². The highest BCUT2D eigenvalue weighted by atomic mass is 79.9. The van der Waals surface area contributed by atoms with Gasteiger partial charge in [0.25, 0.3) is 5.91 Å². The van der Waals surface area contributed by atoms with Crippen LogP contribution >= 0.6 is 27.5 Å². The van der Waals surface area contributed by atoms with E-state index in [4.69, 9.17) is 16.3 Å². The number of ether oxygens (including phenoxy) is 1. The number of amides is 1. The smallest absolute Gasteiger partial charge is 0.255 e. The van der Waals surface area contributed by atoms with E-state index in [-0.39, 0.29) is 5.91 Å². The molecule has 0 saturated heterocycles. The molecule has 0 spiro atoms. The van der Waals surface area contributed by atoms with Crippen LogP contribution in [0.1, 0.15) is 15.9 Å². The second-order valence-electron chi connectivity index (χ2n) is 4.13. The summed E-state index contributed by atoms with van der Waals surface area (Å²) in [4.78, 5) is 12.2. The molecule has 20 heavy (non-hydrogen) atoms. The van der Waals surface area contributed by atoms with Gasteiger partial charge in [-0.05, 0) is 35.9 Å². The Kier molecular flexibility index (Phi) is 5.04. The molecule has 1 N–H and O–H groups in total. The fourth-order valence-electron chi connectivity index (χ4n) is 1.72. The van der Waals surface area contributed by atoms with Gasteiger partial charge in [-0.1, -0.05) is 39.7 Å². The van der Waals surface area contributed by atoms with E-state index in [9.17, 15) is 4.79 Å². The first-order valence-electron chi connectivity index (χ1n) is 5.94. The molecule has 0 atom stereocenters. The van der Waals surface area contributed by atoms with E-state index in [1.54, 1.807) is 37.4 Å². The monoisotopic (exact) mass is 353 g/mol. The fourth-order valence-corrected chi connectivity index (χ4v) is 2.26. The number of hydrogen-bond donors (Lipinski definition) is 1. The van der Waals surface area contributed by atoms with Gasteiger partial charge in [0.15, 0.2) is 0 Å². The molecule has 0 bridgehead atoms. The van der Waals surface area contributed by atoms with Gasteiger partial charge in [-0.15, -0.1) is 0 Å². The summed E-state index contributed by atoms with van der Waals surface area (Å²) in [7, 11) is 1.55. The van der Waals surface area contributed by atoms with Crippen molar-refractivity contribution >= 4 is 39.1 Å². The van der Waals surface area contributed by atoms with Crippen LogP contribution in [0, 0.1) is 0 Å². The third kappa shape index (κ3) is 3.52. The van der Waals surface area contributed by atoms with E-state index in [0.717, 1.165) is 10.9 Å². The standard InChI is InChI=1S/C15H13BrClNO2/c1-20-14-7-6-12(17)8-13(14)18-15(19)11-4-2-10(9-16)3-5-11/h2-8H,9H2,1H3,(H,18,19). The molecule has 0 saturated carbocycles. The highest BCUT2D eigenvalue weighted by Gasteiger charge is 2.10. The minimum Gasteiger partial charge on any atom is -0.495 e. The summed E-state index contributed by atoms with van der Waals surface area (Å²) >= 11 is 9.30. The summed E-state index contributed by atoms with van der Waals surface area (Å²) in [6.45, 7) is 0. The predicted molar refractivity (Wildman–Crippen MR) is 85.0 cm³/mol. The molecule has 0 aliphatic heterocycles. The summed E-state index contributed by atoms with van der Waals surface area (Å²) in [5, 5.41) is 4.09. The number of methoxy groups -OCH3 is 1. The zero-order valence-electron chi connectivity index (χ0n) is 10.8. The number of halogens is 2. The van der Waals surface area contributed by atoms with Crippen LogP contribution in [-0.2, 0) is 5.33 Å². The van der Waals surface area contributed by atoms with Gasteiger partial charge in [-0.2, -0.15) is 0 Å². The predicted octanol–water partition coefficient (Wildman–Crippen LogP) is 4.50. The number of benzene rings is 2. The molecule has 1 amide bonds. The van der Waals surface area contributed by atoms with Gasteiger partial charge in [0, 0.05) is 15.9 Å². The Bertz CT molecular complexity index is 614. The van der Waals surface area contributed by atoms with Crippen LogP contribution in [0.25, 0.3) is 0 Å². The Morgan fingerprint density at radius 2 is 1.95 bits per heavy atom. The molecule has 0 unspecified atom stereocenters. The molecular weight excluding hydrogens is 342 g/mol. The molecule has 0 radical (unpaired) electrons. The quantitative estimate of drug-likeness (QED) is 0.821. The SMILES string of the molecule is COc1ccc(Cl)cc1NC(=O)c1ccc(CBr)cc1. The lowest BCUT2D eigenvalue weighted by atomic mass is 10.1. The van der Waals surface area contributed by atoms with Crippen molar-refractivity contribution in [2.24, 2.45) is 0 Å². The lowest BCUT2D eigenvalue weighted by molar-refractivity contribution is 0.102. The van der Waals surface area contributed by atoms with E-state index < -0.39 is 0 Å². The van der Waals surface area contributed by atoms with Crippen LogP contribution in [0.3, 0.4) is 0 Å². The molecule has 0 fully saturated rings. The molecule has 5 heteroatoms. The molecule has 104 valence electrons. The van der Waals surface area contributed by atoms with Gasteiger partial charge in [0.05, 0.1) is 12.8 Å². The molecule has 0 heterocycles. The summed E-state index contributed by atoms with van der Waals surface area (Å²) in [6.07, 6.45) is 0. The third-order valence-corrected chi connectivity index (χ3v) is 3.66. The van der Waals surface area contributed by atoms with Crippen molar-refractivity contribution in [3.05, 3.63) is 58.6 Å². The number of carbonyl (C=O) groups is 1. The Morgan fingerprint density at radius 3 is 2.55 bits per heavy atom. The maximum atomic E-state index is 12.2. The van der Waals surface area contributed by atoms with E-state index in [1.165, 1.54) is 0 Å². The van der Waals surface area contributed by atoms with Crippen LogP contribution in [0.15, 0.2) is 42.5 Å². The van der Waals surface area contributed by atoms with E-state index in [1.807, 2.05) is 12.1 Å². The number of alkyl halides is 1. The molecule has 2 aromatic rings. The maximum absolute atomic E-state index is 12.2. The molecule has 0 aromatic heterocycles. The minimum atomic E-state index is -0.202. The van der Waals surface area contributed by atoms with E-state index in [2.05, 4.69) is 21.2 Å². The number of nitrogens with one attached hydrogen (secondary N) is 1. The summed E-state index contributed by atoms with van der Waals surface area (Å²) in [6, 6.07) is 12.4. The second kappa shape index (κ2) is 6.77. The van der Waals surface area contributed by atoms with Crippen molar-refractivity contribution in [3.8, 4) is 5.75 Å². The molecule has 0 aliphatic carbocycles. The zero-order chi connectivity index (χ0) is 14.5. The largest absolute Gasteiger partial charge is 0.495 e.